The van der Waals surface area contributed by atoms with Gasteiger partial charge in [-0.3, -0.25) is 9.69 Å². The van der Waals surface area contributed by atoms with Crippen molar-refractivity contribution < 1.29 is 4.79 Å². The van der Waals surface area contributed by atoms with Crippen LogP contribution in [-0.4, -0.2) is 54.5 Å². The van der Waals surface area contributed by atoms with E-state index in [0.717, 1.165) is 39.0 Å². The summed E-state index contributed by atoms with van der Waals surface area (Å²) in [6, 6.07) is 0.493. The van der Waals surface area contributed by atoms with Crippen LogP contribution in [-0.2, 0) is 4.79 Å². The van der Waals surface area contributed by atoms with E-state index in [-0.39, 0.29) is 5.91 Å². The Bertz CT molecular complexity index is 327. The molecule has 102 valence electrons. The number of amides is 1. The quantitative estimate of drug-likeness (QED) is 0.815. The topological polar surface area (TPSA) is 35.6 Å². The molecule has 0 aromatic rings. The van der Waals surface area contributed by atoms with Gasteiger partial charge in [0.25, 0.3) is 0 Å². The predicted molar refractivity (Wildman–Crippen MR) is 73.2 cm³/mol. The summed E-state index contributed by atoms with van der Waals surface area (Å²) in [5.74, 6) is 0.264. The summed E-state index contributed by atoms with van der Waals surface area (Å²) in [5.41, 5.74) is 1.24. The van der Waals surface area contributed by atoms with Gasteiger partial charge in [0.2, 0.25) is 5.91 Å². The minimum Gasteiger partial charge on any atom is -0.316 e. The molecule has 1 aliphatic heterocycles. The monoisotopic (exact) mass is 251 g/mol. The lowest BCUT2D eigenvalue weighted by Gasteiger charge is -2.33. The second kappa shape index (κ2) is 6.34. The van der Waals surface area contributed by atoms with E-state index in [2.05, 4.69) is 30.1 Å². The van der Waals surface area contributed by atoms with Crippen molar-refractivity contribution in [1.29, 1.82) is 0 Å². The third-order valence-corrected chi connectivity index (χ3v) is 3.79. The Hall–Kier alpha value is -0.870. The summed E-state index contributed by atoms with van der Waals surface area (Å²) >= 11 is 0. The van der Waals surface area contributed by atoms with Crippen LogP contribution in [0.2, 0.25) is 0 Å². The van der Waals surface area contributed by atoms with Gasteiger partial charge >= 0.3 is 0 Å². The number of nitrogens with zero attached hydrogens (tertiary/aromatic N) is 2. The van der Waals surface area contributed by atoms with Crippen LogP contribution in [0.15, 0.2) is 11.8 Å². The molecule has 4 heteroatoms. The molecule has 1 atom stereocenters. The summed E-state index contributed by atoms with van der Waals surface area (Å²) in [7, 11) is 0. The lowest BCUT2D eigenvalue weighted by Crippen LogP contribution is -2.52. The second-order valence-electron chi connectivity index (χ2n) is 5.32. The molecule has 1 amide bonds. The zero-order valence-electron chi connectivity index (χ0n) is 11.6. The number of nitrogens with one attached hydrogen (secondary N) is 1. The van der Waals surface area contributed by atoms with Gasteiger partial charge in [-0.15, -0.1) is 0 Å². The van der Waals surface area contributed by atoms with Crippen LogP contribution in [0.1, 0.15) is 33.1 Å². The highest BCUT2D eigenvalue weighted by molar-refractivity contribution is 5.80. The molecule has 1 saturated heterocycles. The molecule has 0 saturated carbocycles. The fourth-order valence-electron chi connectivity index (χ4n) is 2.87. The first-order chi connectivity index (χ1) is 8.70. The van der Waals surface area contributed by atoms with Crippen LogP contribution in [0.4, 0.5) is 0 Å². The lowest BCUT2D eigenvalue weighted by atomic mass is 10.2. The zero-order chi connectivity index (χ0) is 13.0. The van der Waals surface area contributed by atoms with E-state index in [4.69, 9.17) is 0 Å². The second-order valence-corrected chi connectivity index (χ2v) is 5.32. The molecule has 0 spiro atoms. The van der Waals surface area contributed by atoms with Crippen LogP contribution in [0.25, 0.3) is 0 Å². The van der Waals surface area contributed by atoms with Gasteiger partial charge in [0.05, 0.1) is 6.54 Å². The maximum atomic E-state index is 12.4. The molecular weight excluding hydrogens is 226 g/mol. The van der Waals surface area contributed by atoms with E-state index in [9.17, 15) is 4.79 Å². The smallest absolute Gasteiger partial charge is 0.240 e. The number of hydrogen-bond donors (Lipinski definition) is 1. The highest BCUT2D eigenvalue weighted by Gasteiger charge is 2.23. The average molecular weight is 251 g/mol. The third-order valence-electron chi connectivity index (χ3n) is 3.79. The van der Waals surface area contributed by atoms with Crippen molar-refractivity contribution in [2.24, 2.45) is 0 Å². The molecule has 0 radical (unpaired) electrons. The molecule has 0 unspecified atom stereocenters. The number of likely N-dealkylation sites (N-methyl/N-ethyl adjacent to an activating group) is 1. The fourth-order valence-corrected chi connectivity index (χ4v) is 2.87. The van der Waals surface area contributed by atoms with E-state index in [1.807, 2.05) is 4.90 Å². The molecule has 0 aromatic carbocycles. The van der Waals surface area contributed by atoms with Crippen LogP contribution in [0.5, 0.6) is 0 Å². The van der Waals surface area contributed by atoms with Crippen molar-refractivity contribution in [3.8, 4) is 0 Å². The van der Waals surface area contributed by atoms with Crippen LogP contribution in [0.3, 0.4) is 0 Å². The normalized spacial score (nSPS) is 25.0. The predicted octanol–water partition coefficient (Wildman–Crippen LogP) is 1.20. The Morgan fingerprint density at radius 1 is 1.61 bits per heavy atom. The number of rotatable bonds is 4. The minimum absolute atomic E-state index is 0.264. The Kier molecular flexibility index (Phi) is 4.78. The number of hydrogen-bond acceptors (Lipinski definition) is 3. The van der Waals surface area contributed by atoms with E-state index in [1.54, 1.807) is 0 Å². The van der Waals surface area contributed by atoms with Crippen LogP contribution in [0, 0.1) is 0 Å². The molecule has 0 aromatic heterocycles. The molecule has 2 aliphatic rings. The Labute approximate surface area is 110 Å². The third kappa shape index (κ3) is 3.33. The molecule has 0 bridgehead atoms. The minimum atomic E-state index is 0.264. The summed E-state index contributed by atoms with van der Waals surface area (Å²) in [5, 5.41) is 3.41. The van der Waals surface area contributed by atoms with Crippen molar-refractivity contribution in [3.63, 3.8) is 0 Å². The zero-order valence-corrected chi connectivity index (χ0v) is 11.6. The van der Waals surface area contributed by atoms with Gasteiger partial charge in [-0.05, 0) is 33.1 Å². The van der Waals surface area contributed by atoms with E-state index < -0.39 is 0 Å². The van der Waals surface area contributed by atoms with E-state index in [1.165, 1.54) is 12.1 Å². The Morgan fingerprint density at radius 3 is 3.06 bits per heavy atom. The first kappa shape index (κ1) is 13.6. The maximum Gasteiger partial charge on any atom is 0.240 e. The van der Waals surface area contributed by atoms with Crippen LogP contribution >= 0.6 is 0 Å². The summed E-state index contributed by atoms with van der Waals surface area (Å²) in [6.07, 6.45) is 5.62. The largest absolute Gasteiger partial charge is 0.316 e. The molecule has 4 nitrogen and oxygen atoms in total. The van der Waals surface area contributed by atoms with E-state index >= 15 is 0 Å². The summed E-state index contributed by atoms with van der Waals surface area (Å²) in [6.45, 7) is 8.55. The number of piperazine rings is 1. The van der Waals surface area contributed by atoms with Gasteiger partial charge in [-0.25, -0.2) is 0 Å². The van der Waals surface area contributed by atoms with Crippen molar-refractivity contribution in [1.82, 2.24) is 15.1 Å². The first-order valence-corrected chi connectivity index (χ1v) is 7.16. The highest BCUT2D eigenvalue weighted by Crippen LogP contribution is 2.21. The molecule has 2 rings (SSSR count). The number of carbonyl (C=O) groups is 1. The van der Waals surface area contributed by atoms with Crippen molar-refractivity contribution in [2.75, 3.05) is 32.7 Å². The summed E-state index contributed by atoms with van der Waals surface area (Å²) < 4.78 is 0. The fraction of sp³-hybridized carbons (Fsp3) is 0.786. The van der Waals surface area contributed by atoms with Gasteiger partial charge in [0.15, 0.2) is 0 Å². The first-order valence-electron chi connectivity index (χ1n) is 7.16. The highest BCUT2D eigenvalue weighted by atomic mass is 16.2. The molecule has 1 heterocycles. The van der Waals surface area contributed by atoms with Crippen LogP contribution < -0.4 is 5.32 Å². The average Bonchev–Trinajstić information content (AvgIpc) is 2.83. The van der Waals surface area contributed by atoms with Gasteiger partial charge in [0, 0.05) is 37.9 Å². The molecule has 1 fully saturated rings. The lowest BCUT2D eigenvalue weighted by molar-refractivity contribution is -0.130. The standard InChI is InChI=1S/C14H25N3O/c1-3-17(13-6-4-5-7-13)14(18)11-16-9-8-15-12(2)10-16/h6,12,15H,3-5,7-11H2,1-2H3/t12-/m1/s1. The summed E-state index contributed by atoms with van der Waals surface area (Å²) in [4.78, 5) is 16.6. The van der Waals surface area contributed by atoms with Gasteiger partial charge in [-0.1, -0.05) is 6.08 Å². The van der Waals surface area contributed by atoms with Crippen molar-refractivity contribution >= 4 is 5.91 Å². The molecule has 1 N–H and O–H groups in total. The van der Waals surface area contributed by atoms with Crippen molar-refractivity contribution in [3.05, 3.63) is 11.8 Å². The van der Waals surface area contributed by atoms with Gasteiger partial charge in [0.1, 0.15) is 0 Å². The van der Waals surface area contributed by atoms with Crippen molar-refractivity contribution in [2.45, 2.75) is 39.2 Å². The Morgan fingerprint density at radius 2 is 2.44 bits per heavy atom. The number of allylic oxidation sites excluding steroid dienone is 2. The molecule has 1 aliphatic carbocycles. The Balaban J connectivity index is 1.89. The van der Waals surface area contributed by atoms with Gasteiger partial charge in [-0.2, -0.15) is 0 Å². The number of carbonyl (C=O) groups excluding carboxylic acids is 1. The van der Waals surface area contributed by atoms with Gasteiger partial charge < -0.3 is 10.2 Å². The van der Waals surface area contributed by atoms with E-state index in [0.29, 0.717) is 12.6 Å². The SMILES string of the molecule is CCN(C(=O)CN1CCN[C@H](C)C1)C1=CCCC1. The molecular formula is C14H25N3O. The maximum absolute atomic E-state index is 12.4. The molecule has 18 heavy (non-hydrogen) atoms.